The van der Waals surface area contributed by atoms with E-state index in [1.807, 2.05) is 54.4 Å². The van der Waals surface area contributed by atoms with Gasteiger partial charge in [-0.15, -0.1) is 0 Å². The number of hydrogen-bond donors (Lipinski definition) is 1. The molecule has 0 aromatic heterocycles. The van der Waals surface area contributed by atoms with Gasteiger partial charge in [-0.3, -0.25) is 4.79 Å². The first-order valence-electron chi connectivity index (χ1n) is 7.83. The summed E-state index contributed by atoms with van der Waals surface area (Å²) in [6.07, 6.45) is 0. The number of fused-ring (bicyclic) bond motifs is 1. The minimum Gasteiger partial charge on any atom is -0.365 e. The van der Waals surface area contributed by atoms with Crippen molar-refractivity contribution in [2.45, 2.75) is 6.54 Å². The molecule has 3 rings (SSSR count). The highest BCUT2D eigenvalue weighted by atomic mass is 35.5. The lowest BCUT2D eigenvalue weighted by Gasteiger charge is -2.19. The molecule has 0 bridgehead atoms. The molecular formula is C20H19ClN2O. The fourth-order valence-electron chi connectivity index (χ4n) is 2.58. The van der Waals surface area contributed by atoms with Crippen LogP contribution in [0.25, 0.3) is 10.8 Å². The van der Waals surface area contributed by atoms with Crippen LogP contribution in [0.1, 0.15) is 5.56 Å². The number of carbonyl (C=O) groups excluding carboxylic acids is 1. The molecule has 4 heteroatoms. The summed E-state index contributed by atoms with van der Waals surface area (Å²) < 4.78 is 0. The second-order valence-corrected chi connectivity index (χ2v) is 6.23. The molecule has 0 radical (unpaired) electrons. The van der Waals surface area contributed by atoms with Crippen LogP contribution < -0.4 is 10.2 Å². The highest BCUT2D eigenvalue weighted by Crippen LogP contribution is 2.21. The van der Waals surface area contributed by atoms with Crippen molar-refractivity contribution in [3.05, 3.63) is 77.3 Å². The summed E-state index contributed by atoms with van der Waals surface area (Å²) >= 11 is 5.86. The topological polar surface area (TPSA) is 32.3 Å². The molecule has 122 valence electrons. The third-order valence-electron chi connectivity index (χ3n) is 3.96. The number of nitrogens with zero attached hydrogens (tertiary/aromatic N) is 1. The Morgan fingerprint density at radius 2 is 1.71 bits per heavy atom. The fourth-order valence-corrected chi connectivity index (χ4v) is 2.71. The average molecular weight is 339 g/mol. The molecule has 1 N–H and O–H groups in total. The van der Waals surface area contributed by atoms with Gasteiger partial charge in [0.1, 0.15) is 0 Å². The molecular weight excluding hydrogens is 320 g/mol. The van der Waals surface area contributed by atoms with Crippen LogP contribution in [0, 0.1) is 0 Å². The monoisotopic (exact) mass is 338 g/mol. The number of amides is 1. The molecule has 0 aliphatic rings. The van der Waals surface area contributed by atoms with Crippen LogP contribution in [0.4, 0.5) is 5.69 Å². The number of benzene rings is 3. The van der Waals surface area contributed by atoms with Gasteiger partial charge in [0, 0.05) is 24.3 Å². The zero-order chi connectivity index (χ0) is 16.9. The van der Waals surface area contributed by atoms with Crippen molar-refractivity contribution >= 4 is 34.0 Å². The first kappa shape index (κ1) is 16.3. The van der Waals surface area contributed by atoms with Gasteiger partial charge in [-0.2, -0.15) is 0 Å². The van der Waals surface area contributed by atoms with E-state index >= 15 is 0 Å². The normalized spacial score (nSPS) is 10.6. The fraction of sp³-hybridized carbons (Fsp3) is 0.150. The molecule has 0 aliphatic carbocycles. The second-order valence-electron chi connectivity index (χ2n) is 5.79. The summed E-state index contributed by atoms with van der Waals surface area (Å²) in [5.41, 5.74) is 2.05. The lowest BCUT2D eigenvalue weighted by Crippen LogP contribution is -2.34. The summed E-state index contributed by atoms with van der Waals surface area (Å²) in [5, 5.41) is 5.99. The molecule has 0 atom stereocenters. The van der Waals surface area contributed by atoms with E-state index in [4.69, 9.17) is 11.6 Å². The molecule has 24 heavy (non-hydrogen) atoms. The summed E-state index contributed by atoms with van der Waals surface area (Å²) in [7, 11) is 1.92. The van der Waals surface area contributed by atoms with E-state index in [0.29, 0.717) is 18.1 Å². The Labute approximate surface area is 146 Å². The van der Waals surface area contributed by atoms with Gasteiger partial charge in [-0.05, 0) is 40.6 Å². The Hall–Kier alpha value is -2.52. The van der Waals surface area contributed by atoms with Crippen LogP contribution >= 0.6 is 11.6 Å². The lowest BCUT2D eigenvalue weighted by molar-refractivity contribution is -0.119. The van der Waals surface area contributed by atoms with Gasteiger partial charge in [0.25, 0.3) is 0 Å². The van der Waals surface area contributed by atoms with Crippen molar-refractivity contribution in [2.24, 2.45) is 0 Å². The lowest BCUT2D eigenvalue weighted by atomic mass is 10.1. The molecule has 0 spiro atoms. The number of rotatable bonds is 5. The SMILES string of the molecule is CN(CC(=O)NCc1ccc(Cl)cc1)c1ccc2ccccc2c1. The van der Waals surface area contributed by atoms with Gasteiger partial charge in [0.15, 0.2) is 0 Å². The maximum Gasteiger partial charge on any atom is 0.239 e. The molecule has 1 amide bonds. The summed E-state index contributed by atoms with van der Waals surface area (Å²) in [4.78, 5) is 14.1. The molecule has 3 aromatic rings. The summed E-state index contributed by atoms with van der Waals surface area (Å²) in [6.45, 7) is 0.813. The van der Waals surface area contributed by atoms with E-state index < -0.39 is 0 Å². The number of likely N-dealkylation sites (N-methyl/N-ethyl adjacent to an activating group) is 1. The maximum absolute atomic E-state index is 12.2. The van der Waals surface area contributed by atoms with Crippen molar-refractivity contribution in [2.75, 3.05) is 18.5 Å². The van der Waals surface area contributed by atoms with Crippen LogP contribution in [0.3, 0.4) is 0 Å². The van der Waals surface area contributed by atoms with Crippen molar-refractivity contribution in [1.29, 1.82) is 0 Å². The molecule has 0 saturated carbocycles. The maximum atomic E-state index is 12.2. The number of halogens is 1. The van der Waals surface area contributed by atoms with Gasteiger partial charge in [0.05, 0.1) is 6.54 Å². The van der Waals surface area contributed by atoms with Crippen molar-refractivity contribution < 1.29 is 4.79 Å². The zero-order valence-corrected chi connectivity index (χ0v) is 14.3. The molecule has 3 nitrogen and oxygen atoms in total. The first-order valence-corrected chi connectivity index (χ1v) is 8.21. The van der Waals surface area contributed by atoms with E-state index in [-0.39, 0.29) is 5.91 Å². The highest BCUT2D eigenvalue weighted by molar-refractivity contribution is 6.30. The summed E-state index contributed by atoms with van der Waals surface area (Å²) in [5.74, 6) is -0.0133. The molecule has 0 aliphatic heterocycles. The van der Waals surface area contributed by atoms with Gasteiger partial charge >= 0.3 is 0 Å². The Bertz CT molecular complexity index is 846. The third kappa shape index (κ3) is 4.06. The molecule has 0 heterocycles. The van der Waals surface area contributed by atoms with E-state index in [2.05, 4.69) is 29.6 Å². The molecule has 0 unspecified atom stereocenters. The van der Waals surface area contributed by atoms with Crippen LogP contribution in [-0.4, -0.2) is 19.5 Å². The van der Waals surface area contributed by atoms with Crippen LogP contribution in [0.2, 0.25) is 5.02 Å². The highest BCUT2D eigenvalue weighted by Gasteiger charge is 2.08. The smallest absolute Gasteiger partial charge is 0.239 e. The quantitative estimate of drug-likeness (QED) is 0.754. The van der Waals surface area contributed by atoms with Gasteiger partial charge in [-0.25, -0.2) is 0 Å². The molecule has 0 fully saturated rings. The van der Waals surface area contributed by atoms with E-state index in [0.717, 1.165) is 11.3 Å². The van der Waals surface area contributed by atoms with Gasteiger partial charge < -0.3 is 10.2 Å². The standard InChI is InChI=1S/C20H19ClN2O/c1-23(19-11-8-16-4-2-3-5-17(16)12-19)14-20(24)22-13-15-6-9-18(21)10-7-15/h2-12H,13-14H2,1H3,(H,22,24). The number of carbonyl (C=O) groups is 1. The van der Waals surface area contributed by atoms with E-state index in [9.17, 15) is 4.79 Å². The van der Waals surface area contributed by atoms with Crippen molar-refractivity contribution in [1.82, 2.24) is 5.32 Å². The number of anilines is 1. The number of nitrogens with one attached hydrogen (secondary N) is 1. The minimum atomic E-state index is -0.0133. The number of hydrogen-bond acceptors (Lipinski definition) is 2. The van der Waals surface area contributed by atoms with Crippen LogP contribution in [-0.2, 0) is 11.3 Å². The molecule has 3 aromatic carbocycles. The van der Waals surface area contributed by atoms with Gasteiger partial charge in [0.2, 0.25) is 5.91 Å². The van der Waals surface area contributed by atoms with Crippen molar-refractivity contribution in [3.63, 3.8) is 0 Å². The Morgan fingerprint density at radius 3 is 2.46 bits per heavy atom. The Kier molecular flexibility index (Phi) is 5.02. The second kappa shape index (κ2) is 7.37. The van der Waals surface area contributed by atoms with E-state index in [1.165, 1.54) is 10.8 Å². The van der Waals surface area contributed by atoms with E-state index in [1.54, 1.807) is 0 Å². The Balaban J connectivity index is 1.59. The van der Waals surface area contributed by atoms with Crippen molar-refractivity contribution in [3.8, 4) is 0 Å². The first-order chi connectivity index (χ1) is 11.6. The zero-order valence-electron chi connectivity index (χ0n) is 13.5. The average Bonchev–Trinajstić information content (AvgIpc) is 2.61. The Morgan fingerprint density at radius 1 is 1.00 bits per heavy atom. The minimum absolute atomic E-state index is 0.0133. The van der Waals surface area contributed by atoms with Crippen LogP contribution in [0.15, 0.2) is 66.7 Å². The third-order valence-corrected chi connectivity index (χ3v) is 4.21. The summed E-state index contributed by atoms with van der Waals surface area (Å²) in [6, 6.07) is 21.9. The van der Waals surface area contributed by atoms with Gasteiger partial charge in [-0.1, -0.05) is 54.1 Å². The predicted octanol–water partition coefficient (Wildman–Crippen LogP) is 4.25. The molecule has 0 saturated heterocycles. The predicted molar refractivity (Wildman–Crippen MR) is 101 cm³/mol. The van der Waals surface area contributed by atoms with Crippen LogP contribution in [0.5, 0.6) is 0 Å². The largest absolute Gasteiger partial charge is 0.365 e.